The molecule has 1 aliphatic carbocycles. The highest BCUT2D eigenvalue weighted by atomic mass is 19.1. The Balaban J connectivity index is 2.42. The first kappa shape index (κ1) is 12.7. The third kappa shape index (κ3) is 1.84. The molecule has 0 radical (unpaired) electrons. The highest BCUT2D eigenvalue weighted by molar-refractivity contribution is 5.93. The number of nitrogens with zero attached hydrogens (tertiary/aromatic N) is 1. The summed E-state index contributed by atoms with van der Waals surface area (Å²) in [6, 6.07) is 2.84. The van der Waals surface area contributed by atoms with Crippen LogP contribution in [0.2, 0.25) is 0 Å². The van der Waals surface area contributed by atoms with E-state index in [4.69, 9.17) is 5.11 Å². The number of carbonyl (C=O) groups is 1. The minimum absolute atomic E-state index is 0.105. The van der Waals surface area contributed by atoms with Gasteiger partial charge in [-0.15, -0.1) is 0 Å². The second-order valence-electron chi connectivity index (χ2n) is 4.91. The molecule has 104 valence electrons. The summed E-state index contributed by atoms with van der Waals surface area (Å²) >= 11 is 0. The van der Waals surface area contributed by atoms with Gasteiger partial charge in [0.25, 0.3) is 0 Å². The molecule has 1 heterocycles. The zero-order chi connectivity index (χ0) is 14.4. The fourth-order valence-corrected chi connectivity index (χ4v) is 2.37. The summed E-state index contributed by atoms with van der Waals surface area (Å²) in [5.74, 6) is -1.86. The maximum Gasteiger partial charge on any atom is 0.341 e. The molecule has 3 rings (SSSR count). The van der Waals surface area contributed by atoms with E-state index in [1.54, 1.807) is 17.7 Å². The summed E-state index contributed by atoms with van der Waals surface area (Å²) in [6.45, 7) is 0. The maximum absolute atomic E-state index is 13.8. The number of aromatic carboxylic acids is 1. The second-order valence-corrected chi connectivity index (χ2v) is 4.91. The largest absolute Gasteiger partial charge is 0.477 e. The van der Waals surface area contributed by atoms with Crippen molar-refractivity contribution in [3.8, 4) is 0 Å². The van der Waals surface area contributed by atoms with Gasteiger partial charge in [-0.2, -0.15) is 0 Å². The van der Waals surface area contributed by atoms with E-state index in [-0.39, 0.29) is 22.7 Å². The Kier molecular flexibility index (Phi) is 2.74. The van der Waals surface area contributed by atoms with Crippen LogP contribution in [0, 0.1) is 5.82 Å². The Morgan fingerprint density at radius 1 is 1.45 bits per heavy atom. The molecule has 6 heteroatoms. The lowest BCUT2D eigenvalue weighted by atomic mass is 10.1. The third-order valence-corrected chi connectivity index (χ3v) is 3.56. The normalized spacial score (nSPS) is 14.5. The van der Waals surface area contributed by atoms with Crippen molar-refractivity contribution in [2.45, 2.75) is 18.9 Å². The van der Waals surface area contributed by atoms with E-state index >= 15 is 0 Å². The first-order valence-electron chi connectivity index (χ1n) is 6.32. The number of hydrogen-bond donors (Lipinski definition) is 2. The van der Waals surface area contributed by atoms with Crippen LogP contribution in [-0.4, -0.2) is 22.7 Å². The van der Waals surface area contributed by atoms with Gasteiger partial charge in [-0.25, -0.2) is 9.18 Å². The minimum Gasteiger partial charge on any atom is -0.477 e. The molecular formula is C14H13FN2O3. The average Bonchev–Trinajstić information content (AvgIpc) is 3.23. The van der Waals surface area contributed by atoms with Gasteiger partial charge in [0.2, 0.25) is 5.43 Å². The van der Waals surface area contributed by atoms with E-state index in [0.717, 1.165) is 18.9 Å². The lowest BCUT2D eigenvalue weighted by Gasteiger charge is -2.13. The van der Waals surface area contributed by atoms with Crippen molar-refractivity contribution in [3.05, 3.63) is 39.9 Å². The number of hydrogen-bond acceptors (Lipinski definition) is 3. The summed E-state index contributed by atoms with van der Waals surface area (Å²) in [4.78, 5) is 23.3. The molecule has 0 saturated heterocycles. The molecule has 1 fully saturated rings. The molecule has 5 nitrogen and oxygen atoms in total. The van der Waals surface area contributed by atoms with Crippen LogP contribution >= 0.6 is 0 Å². The molecule has 0 spiro atoms. The quantitative estimate of drug-likeness (QED) is 0.901. The highest BCUT2D eigenvalue weighted by Crippen LogP contribution is 2.37. The van der Waals surface area contributed by atoms with Crippen molar-refractivity contribution < 1.29 is 14.3 Å². The van der Waals surface area contributed by atoms with Gasteiger partial charge in [-0.05, 0) is 25.0 Å². The number of rotatable bonds is 3. The Hall–Kier alpha value is -2.37. The van der Waals surface area contributed by atoms with Gasteiger partial charge in [0.1, 0.15) is 11.4 Å². The Labute approximate surface area is 113 Å². The summed E-state index contributed by atoms with van der Waals surface area (Å²) in [6.07, 6.45) is 3.23. The van der Waals surface area contributed by atoms with E-state index in [9.17, 15) is 14.0 Å². The monoisotopic (exact) mass is 276 g/mol. The van der Waals surface area contributed by atoms with Gasteiger partial charge in [0.05, 0.1) is 11.2 Å². The third-order valence-electron chi connectivity index (χ3n) is 3.56. The average molecular weight is 276 g/mol. The van der Waals surface area contributed by atoms with Crippen LogP contribution in [0.15, 0.2) is 23.1 Å². The molecule has 0 bridgehead atoms. The number of halogens is 1. The van der Waals surface area contributed by atoms with Crippen molar-refractivity contribution >= 4 is 22.6 Å². The fraction of sp³-hybridized carbons (Fsp3) is 0.286. The molecular weight excluding hydrogens is 263 g/mol. The van der Waals surface area contributed by atoms with Crippen LogP contribution in [-0.2, 0) is 0 Å². The molecule has 0 atom stereocenters. The Morgan fingerprint density at radius 2 is 2.15 bits per heavy atom. The first-order chi connectivity index (χ1) is 9.52. The van der Waals surface area contributed by atoms with Gasteiger partial charge in [-0.3, -0.25) is 4.79 Å². The molecule has 0 amide bonds. The SMILES string of the molecule is CNc1cc2c(cc1F)c(=O)c(C(=O)O)cn2C1CC1. The topological polar surface area (TPSA) is 71.3 Å². The van der Waals surface area contributed by atoms with E-state index in [1.807, 2.05) is 0 Å². The molecule has 1 saturated carbocycles. The van der Waals surface area contributed by atoms with Gasteiger partial charge in [-0.1, -0.05) is 0 Å². The highest BCUT2D eigenvalue weighted by Gasteiger charge is 2.27. The standard InChI is InChI=1S/C14H13FN2O3/c1-16-11-5-12-8(4-10(11)15)13(18)9(14(19)20)6-17(12)7-2-3-7/h4-7,16H,2-3H2,1H3,(H,19,20). The van der Waals surface area contributed by atoms with Gasteiger partial charge in [0, 0.05) is 24.7 Å². The lowest BCUT2D eigenvalue weighted by molar-refractivity contribution is 0.0695. The molecule has 1 aromatic heterocycles. The summed E-state index contributed by atoms with van der Waals surface area (Å²) in [5.41, 5.74) is -0.116. The predicted molar refractivity (Wildman–Crippen MR) is 72.9 cm³/mol. The van der Waals surface area contributed by atoms with Crippen LogP contribution in [0.25, 0.3) is 10.9 Å². The van der Waals surface area contributed by atoms with E-state index in [0.29, 0.717) is 5.52 Å². The molecule has 0 unspecified atom stereocenters. The van der Waals surface area contributed by atoms with Gasteiger partial charge >= 0.3 is 5.97 Å². The summed E-state index contributed by atoms with van der Waals surface area (Å²) in [7, 11) is 1.59. The van der Waals surface area contributed by atoms with Crippen LogP contribution < -0.4 is 10.7 Å². The number of carboxylic acids is 1. The van der Waals surface area contributed by atoms with Crippen molar-refractivity contribution in [1.29, 1.82) is 0 Å². The van der Waals surface area contributed by atoms with Crippen LogP contribution in [0.4, 0.5) is 10.1 Å². The van der Waals surface area contributed by atoms with Crippen LogP contribution in [0.3, 0.4) is 0 Å². The number of nitrogens with one attached hydrogen (secondary N) is 1. The molecule has 1 aromatic carbocycles. The van der Waals surface area contributed by atoms with Crippen LogP contribution in [0.5, 0.6) is 0 Å². The first-order valence-corrected chi connectivity index (χ1v) is 6.32. The van der Waals surface area contributed by atoms with Crippen molar-refractivity contribution in [3.63, 3.8) is 0 Å². The van der Waals surface area contributed by atoms with Crippen LogP contribution in [0.1, 0.15) is 29.2 Å². The molecule has 1 aliphatic rings. The Bertz CT molecular complexity index is 778. The maximum atomic E-state index is 13.8. The summed E-state index contributed by atoms with van der Waals surface area (Å²) in [5, 5.41) is 11.9. The number of fused-ring (bicyclic) bond motifs is 1. The van der Waals surface area contributed by atoms with E-state index < -0.39 is 17.2 Å². The fourth-order valence-electron chi connectivity index (χ4n) is 2.37. The molecule has 2 aromatic rings. The van der Waals surface area contributed by atoms with E-state index in [1.165, 1.54) is 6.20 Å². The lowest BCUT2D eigenvalue weighted by Crippen LogP contribution is -2.19. The van der Waals surface area contributed by atoms with E-state index in [2.05, 4.69) is 5.32 Å². The zero-order valence-corrected chi connectivity index (χ0v) is 10.8. The van der Waals surface area contributed by atoms with Crippen molar-refractivity contribution in [2.24, 2.45) is 0 Å². The van der Waals surface area contributed by atoms with Crippen molar-refractivity contribution in [2.75, 3.05) is 12.4 Å². The smallest absolute Gasteiger partial charge is 0.341 e. The van der Waals surface area contributed by atoms with Gasteiger partial charge < -0.3 is 15.0 Å². The minimum atomic E-state index is -1.29. The Morgan fingerprint density at radius 3 is 2.70 bits per heavy atom. The van der Waals surface area contributed by atoms with Crippen molar-refractivity contribution in [1.82, 2.24) is 4.57 Å². The zero-order valence-electron chi connectivity index (χ0n) is 10.8. The number of aromatic nitrogens is 1. The summed E-state index contributed by atoms with van der Waals surface area (Å²) < 4.78 is 15.6. The molecule has 0 aliphatic heterocycles. The van der Waals surface area contributed by atoms with Gasteiger partial charge in [0.15, 0.2) is 0 Å². The molecule has 2 N–H and O–H groups in total. The number of benzene rings is 1. The second kappa shape index (κ2) is 4.33. The predicted octanol–water partition coefficient (Wildman–Crippen LogP) is 2.22. The number of pyridine rings is 1. The molecule has 20 heavy (non-hydrogen) atoms. The number of carboxylic acid groups (broad SMARTS) is 1. The number of anilines is 1.